The molecule has 0 amide bonds. The van der Waals surface area contributed by atoms with E-state index < -0.39 is 6.23 Å². The van der Waals surface area contributed by atoms with Gasteiger partial charge in [0.25, 0.3) is 0 Å². The lowest BCUT2D eigenvalue weighted by atomic mass is 9.99. The molecule has 0 radical (unpaired) electrons. The molecule has 0 saturated heterocycles. The van der Waals surface area contributed by atoms with Crippen LogP contribution >= 0.6 is 39.1 Å². The van der Waals surface area contributed by atoms with Gasteiger partial charge in [-0.2, -0.15) is 0 Å². The monoisotopic (exact) mass is 445 g/mol. The summed E-state index contributed by atoms with van der Waals surface area (Å²) in [7, 11) is 0. The summed E-state index contributed by atoms with van der Waals surface area (Å²) in [4.78, 5) is 4.88. The Hall–Kier alpha value is -1.81. The van der Waals surface area contributed by atoms with Gasteiger partial charge in [0, 0.05) is 32.1 Å². The molecular formula is C21H14BrCl2NO. The minimum absolute atomic E-state index is 0.393. The predicted octanol–water partition coefficient (Wildman–Crippen LogP) is 6.88. The third kappa shape index (κ3) is 3.66. The molecular weight excluding hydrogens is 433 g/mol. The highest BCUT2D eigenvalue weighted by molar-refractivity contribution is 9.10. The number of hydrogen-bond acceptors (Lipinski definition) is 2. The second-order valence-electron chi connectivity index (χ2n) is 6.01. The maximum absolute atomic E-state index is 6.18. The van der Waals surface area contributed by atoms with E-state index in [0.29, 0.717) is 16.5 Å². The van der Waals surface area contributed by atoms with E-state index in [-0.39, 0.29) is 0 Å². The quantitative estimate of drug-likeness (QED) is 0.429. The van der Waals surface area contributed by atoms with Gasteiger partial charge in [-0.05, 0) is 42.0 Å². The fourth-order valence-corrected chi connectivity index (χ4v) is 3.69. The third-order valence-corrected chi connectivity index (χ3v) is 5.46. The molecule has 0 saturated carbocycles. The number of nitrogens with zero attached hydrogens (tertiary/aromatic N) is 1. The molecule has 0 fully saturated rings. The molecule has 3 aromatic rings. The van der Waals surface area contributed by atoms with Crippen LogP contribution < -0.4 is 4.74 Å². The van der Waals surface area contributed by atoms with Crippen molar-refractivity contribution >= 4 is 44.8 Å². The van der Waals surface area contributed by atoms with Crippen molar-refractivity contribution in [1.29, 1.82) is 0 Å². The van der Waals surface area contributed by atoms with Gasteiger partial charge in [0.2, 0.25) is 6.23 Å². The number of hydrogen-bond donors (Lipinski definition) is 0. The van der Waals surface area contributed by atoms with E-state index in [1.807, 2.05) is 66.7 Å². The largest absolute Gasteiger partial charge is 0.464 e. The van der Waals surface area contributed by atoms with Crippen molar-refractivity contribution in [2.24, 2.45) is 4.99 Å². The maximum Gasteiger partial charge on any atom is 0.216 e. The zero-order chi connectivity index (χ0) is 18.1. The third-order valence-electron chi connectivity index (χ3n) is 4.22. The molecule has 4 rings (SSSR count). The normalized spacial score (nSPS) is 15.8. The lowest BCUT2D eigenvalue weighted by molar-refractivity contribution is 0.210. The second kappa shape index (κ2) is 7.43. The molecule has 130 valence electrons. The zero-order valence-corrected chi connectivity index (χ0v) is 16.7. The summed E-state index contributed by atoms with van der Waals surface area (Å²) in [5.41, 5.74) is 3.97. The van der Waals surface area contributed by atoms with E-state index in [1.165, 1.54) is 0 Å². The Balaban J connectivity index is 1.78. The van der Waals surface area contributed by atoms with Gasteiger partial charge in [-0.15, -0.1) is 0 Å². The summed E-state index contributed by atoms with van der Waals surface area (Å²) < 4.78 is 7.11. The van der Waals surface area contributed by atoms with Gasteiger partial charge in [0.05, 0.1) is 5.71 Å². The van der Waals surface area contributed by atoms with Crippen LogP contribution in [0.4, 0.5) is 0 Å². The molecule has 26 heavy (non-hydrogen) atoms. The zero-order valence-electron chi connectivity index (χ0n) is 13.6. The minimum Gasteiger partial charge on any atom is -0.464 e. The molecule has 3 aromatic carbocycles. The van der Waals surface area contributed by atoms with Crippen LogP contribution in [0.5, 0.6) is 5.75 Å². The number of halogens is 3. The van der Waals surface area contributed by atoms with E-state index in [2.05, 4.69) is 15.9 Å². The van der Waals surface area contributed by atoms with Crippen molar-refractivity contribution in [1.82, 2.24) is 0 Å². The molecule has 5 heteroatoms. The van der Waals surface area contributed by atoms with Crippen LogP contribution in [0.15, 0.2) is 76.2 Å². The molecule has 0 bridgehead atoms. The van der Waals surface area contributed by atoms with Crippen molar-refractivity contribution in [3.63, 3.8) is 0 Å². The van der Waals surface area contributed by atoms with Crippen molar-refractivity contribution < 1.29 is 4.74 Å². The molecule has 1 heterocycles. The molecule has 0 aliphatic carbocycles. The van der Waals surface area contributed by atoms with Crippen LogP contribution in [-0.2, 0) is 6.42 Å². The van der Waals surface area contributed by atoms with Crippen molar-refractivity contribution in [3.05, 3.63) is 97.9 Å². The Morgan fingerprint density at radius 3 is 2.46 bits per heavy atom. The van der Waals surface area contributed by atoms with E-state index in [4.69, 9.17) is 32.9 Å². The fraction of sp³-hybridized carbons (Fsp3) is 0.0952. The second-order valence-corrected chi connectivity index (χ2v) is 7.74. The maximum atomic E-state index is 6.18. The number of ether oxygens (including phenoxy) is 1. The van der Waals surface area contributed by atoms with E-state index in [1.54, 1.807) is 0 Å². The Bertz CT molecular complexity index is 989. The van der Waals surface area contributed by atoms with Crippen LogP contribution in [0, 0.1) is 0 Å². The molecule has 0 aromatic heterocycles. The van der Waals surface area contributed by atoms with Gasteiger partial charge in [0.15, 0.2) is 0 Å². The van der Waals surface area contributed by atoms with E-state index in [0.717, 1.165) is 32.6 Å². The van der Waals surface area contributed by atoms with Gasteiger partial charge in [-0.25, -0.2) is 4.99 Å². The summed E-state index contributed by atoms with van der Waals surface area (Å²) in [6.07, 6.45) is 0.248. The van der Waals surface area contributed by atoms with Crippen molar-refractivity contribution in [2.75, 3.05) is 0 Å². The molecule has 1 aliphatic rings. The number of fused-ring (bicyclic) bond motifs is 1. The molecule has 0 spiro atoms. The first-order valence-electron chi connectivity index (χ1n) is 8.12. The number of benzene rings is 3. The molecule has 0 N–H and O–H groups in total. The Kier molecular flexibility index (Phi) is 5.03. The highest BCUT2D eigenvalue weighted by Gasteiger charge is 2.24. The SMILES string of the molecule is Clc1ccc(Br)c(CC2=N[C@H](c3ccccc3)Oc3cc(Cl)ccc32)c1. The van der Waals surface area contributed by atoms with E-state index in [9.17, 15) is 0 Å². The lowest BCUT2D eigenvalue weighted by Crippen LogP contribution is -2.19. The molecule has 2 nitrogen and oxygen atoms in total. The van der Waals surface area contributed by atoms with Gasteiger partial charge in [0.1, 0.15) is 5.75 Å². The van der Waals surface area contributed by atoms with Crippen molar-refractivity contribution in [2.45, 2.75) is 12.6 Å². The highest BCUT2D eigenvalue weighted by Crippen LogP contribution is 2.35. The molecule has 0 unspecified atom stereocenters. The lowest BCUT2D eigenvalue weighted by Gasteiger charge is -2.25. The van der Waals surface area contributed by atoms with Crippen LogP contribution in [-0.4, -0.2) is 5.71 Å². The Morgan fingerprint density at radius 2 is 1.65 bits per heavy atom. The summed E-state index contributed by atoms with van der Waals surface area (Å²) in [5, 5.41) is 1.34. The molecule has 1 aliphatic heterocycles. The number of aliphatic imine (C=N–C) groups is 1. The standard InChI is InChI=1S/C21H14BrCl2NO/c22-18-9-7-15(23)10-14(18)11-19-17-8-6-16(24)12-20(17)26-21(25-19)13-4-2-1-3-5-13/h1-10,12,21H,11H2/t21-/m0/s1. The Morgan fingerprint density at radius 1 is 0.923 bits per heavy atom. The summed E-state index contributed by atoms with van der Waals surface area (Å²) in [5.74, 6) is 0.745. The highest BCUT2D eigenvalue weighted by atomic mass is 79.9. The fourth-order valence-electron chi connectivity index (χ4n) is 2.95. The Labute approximate surface area is 170 Å². The smallest absolute Gasteiger partial charge is 0.216 e. The molecule has 1 atom stereocenters. The van der Waals surface area contributed by atoms with Gasteiger partial charge in [-0.3, -0.25) is 0 Å². The number of rotatable bonds is 3. The van der Waals surface area contributed by atoms with Crippen molar-refractivity contribution in [3.8, 4) is 5.75 Å². The van der Waals surface area contributed by atoms with Gasteiger partial charge < -0.3 is 4.74 Å². The summed E-state index contributed by atoms with van der Waals surface area (Å²) in [6.45, 7) is 0. The van der Waals surface area contributed by atoms with Gasteiger partial charge in [-0.1, -0.05) is 69.5 Å². The predicted molar refractivity (Wildman–Crippen MR) is 111 cm³/mol. The average molecular weight is 447 g/mol. The summed E-state index contributed by atoms with van der Waals surface area (Å²) in [6, 6.07) is 21.4. The minimum atomic E-state index is -0.393. The van der Waals surface area contributed by atoms with Crippen LogP contribution in [0.2, 0.25) is 10.0 Å². The van der Waals surface area contributed by atoms with E-state index >= 15 is 0 Å². The first-order valence-corrected chi connectivity index (χ1v) is 9.67. The van der Waals surface area contributed by atoms with Gasteiger partial charge >= 0.3 is 0 Å². The first kappa shape index (κ1) is 17.6. The van der Waals surface area contributed by atoms with Crippen LogP contribution in [0.3, 0.4) is 0 Å². The van der Waals surface area contributed by atoms with Crippen LogP contribution in [0.25, 0.3) is 0 Å². The first-order chi connectivity index (χ1) is 12.6. The van der Waals surface area contributed by atoms with Crippen LogP contribution in [0.1, 0.15) is 22.9 Å². The summed E-state index contributed by atoms with van der Waals surface area (Å²) >= 11 is 16.0. The topological polar surface area (TPSA) is 21.6 Å². The average Bonchev–Trinajstić information content (AvgIpc) is 2.65.